The maximum absolute atomic E-state index is 13.2. The Bertz CT molecular complexity index is 710. The molecule has 0 spiro atoms. The van der Waals surface area contributed by atoms with Gasteiger partial charge in [0.1, 0.15) is 0 Å². The van der Waals surface area contributed by atoms with Crippen molar-refractivity contribution in [3.63, 3.8) is 0 Å². The Labute approximate surface area is 129 Å². The van der Waals surface area contributed by atoms with Gasteiger partial charge in [-0.15, -0.1) is 0 Å². The predicted molar refractivity (Wildman–Crippen MR) is 76.1 cm³/mol. The summed E-state index contributed by atoms with van der Waals surface area (Å²) in [5.41, 5.74) is -0.337. The molecule has 0 radical (unpaired) electrons. The summed E-state index contributed by atoms with van der Waals surface area (Å²) >= 11 is 0. The minimum atomic E-state index is -4.64. The molecular formula is C17H14F6. The second-order valence-electron chi connectivity index (χ2n) is 5.45. The Balaban J connectivity index is 2.74. The fraction of sp³-hybridized carbons (Fsp3) is 0.294. The molecular weight excluding hydrogens is 318 g/mol. The molecule has 0 saturated heterocycles. The van der Waals surface area contributed by atoms with Crippen molar-refractivity contribution < 1.29 is 26.3 Å². The van der Waals surface area contributed by atoms with Gasteiger partial charge in [-0.25, -0.2) is 0 Å². The second-order valence-corrected chi connectivity index (χ2v) is 5.45. The molecule has 0 saturated carbocycles. The molecule has 0 heterocycles. The monoisotopic (exact) mass is 332 g/mol. The van der Waals surface area contributed by atoms with Crippen LogP contribution in [0.2, 0.25) is 0 Å². The number of halogens is 6. The van der Waals surface area contributed by atoms with Crippen molar-refractivity contribution in [1.29, 1.82) is 0 Å². The molecule has 0 aromatic heterocycles. The van der Waals surface area contributed by atoms with E-state index in [1.807, 2.05) is 0 Å². The normalized spacial score (nSPS) is 12.5. The smallest absolute Gasteiger partial charge is 0.171 e. The number of hydrogen-bond donors (Lipinski definition) is 0. The van der Waals surface area contributed by atoms with Gasteiger partial charge in [0.2, 0.25) is 0 Å². The lowest BCUT2D eigenvalue weighted by molar-refractivity contribution is -0.137. The average molecular weight is 332 g/mol. The molecule has 124 valence electrons. The maximum Gasteiger partial charge on any atom is 0.417 e. The van der Waals surface area contributed by atoms with E-state index in [0.29, 0.717) is 11.1 Å². The Hall–Kier alpha value is -1.98. The van der Waals surface area contributed by atoms with Crippen molar-refractivity contribution >= 4 is 0 Å². The number of rotatable bonds is 2. The SMILES string of the molecule is Cc1cc(C)c(-c2ccccc2C(F)(F)F)c(CC(F)(F)F)c1. The van der Waals surface area contributed by atoms with Gasteiger partial charge in [-0.2, -0.15) is 26.3 Å². The molecule has 0 nitrogen and oxygen atoms in total. The van der Waals surface area contributed by atoms with Crippen molar-refractivity contribution in [2.75, 3.05) is 0 Å². The molecule has 0 aliphatic rings. The third-order valence-corrected chi connectivity index (χ3v) is 3.45. The lowest BCUT2D eigenvalue weighted by Crippen LogP contribution is -2.14. The van der Waals surface area contributed by atoms with E-state index in [-0.39, 0.29) is 16.7 Å². The van der Waals surface area contributed by atoms with Crippen molar-refractivity contribution in [3.8, 4) is 11.1 Å². The minimum absolute atomic E-state index is 0.000787. The van der Waals surface area contributed by atoms with Gasteiger partial charge in [-0.3, -0.25) is 0 Å². The number of benzene rings is 2. The van der Waals surface area contributed by atoms with Crippen LogP contribution in [0.1, 0.15) is 22.3 Å². The van der Waals surface area contributed by atoms with Gasteiger partial charge in [0.25, 0.3) is 0 Å². The zero-order valence-corrected chi connectivity index (χ0v) is 12.4. The summed E-state index contributed by atoms with van der Waals surface area (Å²) in [4.78, 5) is 0. The highest BCUT2D eigenvalue weighted by molar-refractivity contribution is 5.75. The maximum atomic E-state index is 13.2. The third kappa shape index (κ3) is 4.06. The summed E-state index contributed by atoms with van der Waals surface area (Å²) < 4.78 is 78.0. The highest BCUT2D eigenvalue weighted by atomic mass is 19.4. The quantitative estimate of drug-likeness (QED) is 0.583. The Morgan fingerprint density at radius 1 is 0.870 bits per heavy atom. The van der Waals surface area contributed by atoms with E-state index >= 15 is 0 Å². The van der Waals surface area contributed by atoms with Gasteiger partial charge in [0, 0.05) is 0 Å². The number of aryl methyl sites for hydroxylation is 2. The van der Waals surface area contributed by atoms with Crippen LogP contribution in [0.5, 0.6) is 0 Å². The second kappa shape index (κ2) is 5.91. The summed E-state index contributed by atoms with van der Waals surface area (Å²) in [6.45, 7) is 3.14. The van der Waals surface area contributed by atoms with Crippen LogP contribution in [0.25, 0.3) is 11.1 Å². The van der Waals surface area contributed by atoms with Crippen LogP contribution < -0.4 is 0 Å². The fourth-order valence-corrected chi connectivity index (χ4v) is 2.74. The molecule has 0 amide bonds. The standard InChI is InChI=1S/C17H14F6/c1-10-7-11(2)15(12(8-10)9-16(18,19)20)13-5-3-4-6-14(13)17(21,22)23/h3-8H,9H2,1-2H3. The molecule has 0 N–H and O–H groups in total. The number of alkyl halides is 6. The first-order chi connectivity index (χ1) is 10.5. The highest BCUT2D eigenvalue weighted by Crippen LogP contribution is 2.40. The van der Waals surface area contributed by atoms with Crippen molar-refractivity contribution in [3.05, 3.63) is 58.7 Å². The molecule has 2 aromatic rings. The molecule has 0 unspecified atom stereocenters. The Kier molecular flexibility index (Phi) is 4.46. The summed E-state index contributed by atoms with van der Waals surface area (Å²) in [7, 11) is 0. The Morgan fingerprint density at radius 2 is 1.48 bits per heavy atom. The fourth-order valence-electron chi connectivity index (χ4n) is 2.74. The van der Waals surface area contributed by atoms with E-state index < -0.39 is 24.3 Å². The first kappa shape index (κ1) is 17.4. The molecule has 23 heavy (non-hydrogen) atoms. The summed E-state index contributed by atoms with van der Waals surface area (Å²) in [5.74, 6) is 0. The van der Waals surface area contributed by atoms with Crippen molar-refractivity contribution in [2.45, 2.75) is 32.6 Å². The van der Waals surface area contributed by atoms with Crippen LogP contribution in [0.15, 0.2) is 36.4 Å². The van der Waals surface area contributed by atoms with Crippen molar-refractivity contribution in [2.24, 2.45) is 0 Å². The first-order valence-electron chi connectivity index (χ1n) is 6.82. The van der Waals surface area contributed by atoms with E-state index in [2.05, 4.69) is 0 Å². The van der Waals surface area contributed by atoms with Gasteiger partial charge >= 0.3 is 12.4 Å². The third-order valence-electron chi connectivity index (χ3n) is 3.45. The molecule has 2 rings (SSSR count). The largest absolute Gasteiger partial charge is 0.417 e. The lowest BCUT2D eigenvalue weighted by atomic mass is 9.89. The van der Waals surface area contributed by atoms with Crippen LogP contribution >= 0.6 is 0 Å². The van der Waals surface area contributed by atoms with Crippen LogP contribution in [-0.4, -0.2) is 6.18 Å². The zero-order valence-electron chi connectivity index (χ0n) is 12.4. The Morgan fingerprint density at radius 3 is 2.04 bits per heavy atom. The minimum Gasteiger partial charge on any atom is -0.171 e. The van der Waals surface area contributed by atoms with Crippen LogP contribution in [0.3, 0.4) is 0 Å². The van der Waals surface area contributed by atoms with Crippen LogP contribution in [-0.2, 0) is 12.6 Å². The first-order valence-corrected chi connectivity index (χ1v) is 6.82. The van der Waals surface area contributed by atoms with Crippen molar-refractivity contribution in [1.82, 2.24) is 0 Å². The van der Waals surface area contributed by atoms with E-state index in [9.17, 15) is 26.3 Å². The molecule has 6 heteroatoms. The van der Waals surface area contributed by atoms with E-state index in [0.717, 1.165) is 6.07 Å². The van der Waals surface area contributed by atoms with Gasteiger partial charge in [0.05, 0.1) is 12.0 Å². The lowest BCUT2D eigenvalue weighted by Gasteiger charge is -2.19. The molecule has 0 fully saturated rings. The van der Waals surface area contributed by atoms with Gasteiger partial charge in [0.15, 0.2) is 0 Å². The topological polar surface area (TPSA) is 0 Å². The van der Waals surface area contributed by atoms with Crippen LogP contribution in [0, 0.1) is 13.8 Å². The highest BCUT2D eigenvalue weighted by Gasteiger charge is 2.35. The summed E-state index contributed by atoms with van der Waals surface area (Å²) in [5, 5.41) is 0. The van der Waals surface area contributed by atoms with Gasteiger partial charge in [-0.05, 0) is 42.2 Å². The molecule has 0 aliphatic carbocycles. The van der Waals surface area contributed by atoms with E-state index in [4.69, 9.17) is 0 Å². The van der Waals surface area contributed by atoms with E-state index in [1.165, 1.54) is 31.2 Å². The van der Waals surface area contributed by atoms with E-state index in [1.54, 1.807) is 13.0 Å². The molecule has 0 bridgehead atoms. The molecule has 0 aliphatic heterocycles. The number of hydrogen-bond acceptors (Lipinski definition) is 0. The van der Waals surface area contributed by atoms with Crippen LogP contribution in [0.4, 0.5) is 26.3 Å². The zero-order chi connectivity index (χ0) is 17.4. The van der Waals surface area contributed by atoms with Gasteiger partial charge in [-0.1, -0.05) is 35.9 Å². The molecule has 0 atom stereocenters. The predicted octanol–water partition coefficient (Wildman–Crippen LogP) is 6.09. The average Bonchev–Trinajstić information content (AvgIpc) is 2.35. The summed E-state index contributed by atoms with van der Waals surface area (Å²) in [6, 6.07) is 7.58. The molecule has 2 aromatic carbocycles. The summed E-state index contributed by atoms with van der Waals surface area (Å²) in [6.07, 6.45) is -10.4. The van der Waals surface area contributed by atoms with Gasteiger partial charge < -0.3 is 0 Å².